The second-order valence-corrected chi connectivity index (χ2v) is 6.09. The number of methoxy groups -OCH3 is 1. The number of carbonyl (C=O) groups excluding carboxylic acids is 2. The Morgan fingerprint density at radius 1 is 0.963 bits per heavy atom. The predicted octanol–water partition coefficient (Wildman–Crippen LogP) is 2.68. The van der Waals surface area contributed by atoms with Gasteiger partial charge in [-0.15, -0.1) is 0 Å². The highest BCUT2D eigenvalue weighted by molar-refractivity contribution is 5.85. The van der Waals surface area contributed by atoms with Crippen LogP contribution >= 0.6 is 0 Å². The molecule has 0 aliphatic rings. The van der Waals surface area contributed by atoms with E-state index in [1.54, 1.807) is 7.11 Å². The fourth-order valence-electron chi connectivity index (χ4n) is 2.52. The Bertz CT molecular complexity index is 692. The van der Waals surface area contributed by atoms with Crippen LogP contribution in [0.25, 0.3) is 0 Å². The van der Waals surface area contributed by atoms with Crippen molar-refractivity contribution in [1.29, 1.82) is 0 Å². The lowest BCUT2D eigenvalue weighted by molar-refractivity contribution is -0.123. The van der Waals surface area contributed by atoms with Crippen molar-refractivity contribution in [1.82, 2.24) is 10.6 Å². The molecule has 2 aromatic carbocycles. The average molecular weight is 370 g/mol. The van der Waals surface area contributed by atoms with Crippen molar-refractivity contribution in [2.75, 3.05) is 20.3 Å². The molecule has 2 amide bonds. The van der Waals surface area contributed by atoms with E-state index >= 15 is 0 Å². The molecule has 6 nitrogen and oxygen atoms in total. The zero-order chi connectivity index (χ0) is 19.3. The van der Waals surface area contributed by atoms with Crippen LogP contribution in [0.1, 0.15) is 17.5 Å². The minimum Gasteiger partial charge on any atom is -0.445 e. The zero-order valence-corrected chi connectivity index (χ0v) is 15.5. The number of rotatable bonds is 10. The molecule has 0 aromatic heterocycles. The van der Waals surface area contributed by atoms with Gasteiger partial charge in [-0.05, 0) is 17.5 Å². The van der Waals surface area contributed by atoms with Gasteiger partial charge in [-0.25, -0.2) is 4.79 Å². The first-order valence-electron chi connectivity index (χ1n) is 8.97. The monoisotopic (exact) mass is 370 g/mol. The molecular formula is C21H26N2O4. The van der Waals surface area contributed by atoms with Crippen molar-refractivity contribution in [2.24, 2.45) is 0 Å². The predicted molar refractivity (Wildman–Crippen MR) is 103 cm³/mol. The molecule has 2 rings (SSSR count). The van der Waals surface area contributed by atoms with E-state index in [4.69, 9.17) is 9.47 Å². The second kappa shape index (κ2) is 11.7. The fourth-order valence-corrected chi connectivity index (χ4v) is 2.52. The summed E-state index contributed by atoms with van der Waals surface area (Å²) in [7, 11) is 1.62. The lowest BCUT2D eigenvalue weighted by Gasteiger charge is -2.18. The summed E-state index contributed by atoms with van der Waals surface area (Å²) in [5.41, 5.74) is 1.84. The summed E-state index contributed by atoms with van der Waals surface area (Å²) < 4.78 is 10.2. The van der Waals surface area contributed by atoms with Crippen LogP contribution in [0.4, 0.5) is 4.79 Å². The van der Waals surface area contributed by atoms with E-state index in [0.717, 1.165) is 11.1 Å². The van der Waals surface area contributed by atoms with Gasteiger partial charge in [0.2, 0.25) is 5.91 Å². The molecule has 2 aromatic rings. The Hall–Kier alpha value is -2.86. The van der Waals surface area contributed by atoms with Crippen LogP contribution in [0, 0.1) is 0 Å². The van der Waals surface area contributed by atoms with E-state index in [1.165, 1.54) is 0 Å². The van der Waals surface area contributed by atoms with E-state index < -0.39 is 12.1 Å². The number of ether oxygens (including phenoxy) is 2. The maximum atomic E-state index is 12.5. The quantitative estimate of drug-likeness (QED) is 0.631. The molecule has 0 saturated heterocycles. The molecule has 0 bridgehead atoms. The van der Waals surface area contributed by atoms with Crippen LogP contribution in [0.5, 0.6) is 0 Å². The maximum Gasteiger partial charge on any atom is 0.408 e. The van der Waals surface area contributed by atoms with Crippen LogP contribution in [0.3, 0.4) is 0 Å². The summed E-state index contributed by atoms with van der Waals surface area (Å²) in [5.74, 6) is -0.244. The van der Waals surface area contributed by atoms with Gasteiger partial charge in [0.25, 0.3) is 0 Å². The molecule has 6 heteroatoms. The van der Waals surface area contributed by atoms with Gasteiger partial charge >= 0.3 is 6.09 Å². The number of benzene rings is 2. The molecule has 0 spiro atoms. The first-order chi connectivity index (χ1) is 13.2. The van der Waals surface area contributed by atoms with E-state index in [2.05, 4.69) is 10.6 Å². The SMILES string of the molecule is COCCCNC(=O)[C@@H](Cc1ccccc1)NC(=O)OCc1ccccc1. The molecule has 0 heterocycles. The maximum absolute atomic E-state index is 12.5. The lowest BCUT2D eigenvalue weighted by atomic mass is 10.1. The highest BCUT2D eigenvalue weighted by Crippen LogP contribution is 2.05. The molecular weight excluding hydrogens is 344 g/mol. The fraction of sp³-hybridized carbons (Fsp3) is 0.333. The number of hydrogen-bond donors (Lipinski definition) is 2. The molecule has 144 valence electrons. The van der Waals surface area contributed by atoms with Crippen molar-refractivity contribution >= 4 is 12.0 Å². The normalized spacial score (nSPS) is 11.4. The van der Waals surface area contributed by atoms with Gasteiger partial charge in [0, 0.05) is 26.7 Å². The molecule has 27 heavy (non-hydrogen) atoms. The molecule has 0 aliphatic heterocycles. The van der Waals surface area contributed by atoms with Crippen molar-refractivity contribution in [3.63, 3.8) is 0 Å². The second-order valence-electron chi connectivity index (χ2n) is 6.09. The zero-order valence-electron chi connectivity index (χ0n) is 15.5. The summed E-state index contributed by atoms with van der Waals surface area (Å²) in [4.78, 5) is 24.7. The summed E-state index contributed by atoms with van der Waals surface area (Å²) in [6.07, 6.45) is 0.475. The van der Waals surface area contributed by atoms with Crippen molar-refractivity contribution < 1.29 is 19.1 Å². The van der Waals surface area contributed by atoms with Crippen LogP contribution in [0.15, 0.2) is 60.7 Å². The molecule has 0 aliphatic carbocycles. The number of amides is 2. The smallest absolute Gasteiger partial charge is 0.408 e. The first kappa shape index (κ1) is 20.5. The largest absolute Gasteiger partial charge is 0.445 e. The Labute approximate surface area is 159 Å². The molecule has 0 radical (unpaired) electrons. The lowest BCUT2D eigenvalue weighted by Crippen LogP contribution is -2.48. The van der Waals surface area contributed by atoms with Crippen LogP contribution in [-0.4, -0.2) is 38.3 Å². The average Bonchev–Trinajstić information content (AvgIpc) is 2.70. The number of carbonyl (C=O) groups is 2. The minimum absolute atomic E-state index is 0.153. The van der Waals surface area contributed by atoms with Crippen LogP contribution < -0.4 is 10.6 Å². The molecule has 0 unspecified atom stereocenters. The number of alkyl carbamates (subject to hydrolysis) is 1. The third kappa shape index (κ3) is 7.92. The molecule has 1 atom stereocenters. The Morgan fingerprint density at radius 2 is 1.59 bits per heavy atom. The standard InChI is InChI=1S/C21H26N2O4/c1-26-14-8-13-22-20(24)19(15-17-9-4-2-5-10-17)23-21(25)27-16-18-11-6-3-7-12-18/h2-7,9-12,19H,8,13-16H2,1H3,(H,22,24)(H,23,25)/t19-/m1/s1. The molecule has 0 saturated carbocycles. The highest BCUT2D eigenvalue weighted by atomic mass is 16.5. The third-order valence-corrected chi connectivity index (χ3v) is 3.93. The first-order valence-corrected chi connectivity index (χ1v) is 8.97. The summed E-state index contributed by atoms with van der Waals surface area (Å²) >= 11 is 0. The van der Waals surface area contributed by atoms with Gasteiger partial charge < -0.3 is 20.1 Å². The van der Waals surface area contributed by atoms with Gasteiger partial charge in [-0.2, -0.15) is 0 Å². The van der Waals surface area contributed by atoms with E-state index in [-0.39, 0.29) is 12.5 Å². The topological polar surface area (TPSA) is 76.7 Å². The molecule has 2 N–H and O–H groups in total. The van der Waals surface area contributed by atoms with E-state index in [0.29, 0.717) is 26.0 Å². The van der Waals surface area contributed by atoms with Gasteiger partial charge in [0.1, 0.15) is 12.6 Å². The minimum atomic E-state index is -0.710. The Balaban J connectivity index is 1.91. The Morgan fingerprint density at radius 3 is 2.22 bits per heavy atom. The summed E-state index contributed by atoms with van der Waals surface area (Å²) in [5, 5.41) is 5.50. The highest BCUT2D eigenvalue weighted by Gasteiger charge is 2.21. The van der Waals surface area contributed by atoms with Crippen molar-refractivity contribution in [3.8, 4) is 0 Å². The van der Waals surface area contributed by atoms with Crippen molar-refractivity contribution in [3.05, 3.63) is 71.8 Å². The summed E-state index contributed by atoms with van der Waals surface area (Å²) in [6, 6.07) is 18.2. The number of nitrogens with one attached hydrogen (secondary N) is 2. The van der Waals surface area contributed by atoms with Gasteiger partial charge in [0.05, 0.1) is 0 Å². The van der Waals surface area contributed by atoms with Crippen LogP contribution in [-0.2, 0) is 27.3 Å². The molecule has 0 fully saturated rings. The third-order valence-electron chi connectivity index (χ3n) is 3.93. The van der Waals surface area contributed by atoms with Gasteiger partial charge in [0.15, 0.2) is 0 Å². The van der Waals surface area contributed by atoms with E-state index in [9.17, 15) is 9.59 Å². The van der Waals surface area contributed by atoms with Crippen molar-refractivity contribution in [2.45, 2.75) is 25.5 Å². The Kier molecular flexibility index (Phi) is 8.86. The summed E-state index contributed by atoms with van der Waals surface area (Å²) in [6.45, 7) is 1.20. The van der Waals surface area contributed by atoms with Gasteiger partial charge in [-0.1, -0.05) is 60.7 Å². The van der Waals surface area contributed by atoms with Crippen LogP contribution in [0.2, 0.25) is 0 Å². The van der Waals surface area contributed by atoms with E-state index in [1.807, 2.05) is 60.7 Å². The van der Waals surface area contributed by atoms with Gasteiger partial charge in [-0.3, -0.25) is 4.79 Å². The number of hydrogen-bond acceptors (Lipinski definition) is 4.